The normalized spacial score (nSPS) is 12.9. The van der Waals surface area contributed by atoms with Crippen molar-refractivity contribution in [2.45, 2.75) is 18.0 Å². The summed E-state index contributed by atoms with van der Waals surface area (Å²) >= 11 is 5.25. The van der Waals surface area contributed by atoms with Crippen molar-refractivity contribution in [2.75, 3.05) is 0 Å². The van der Waals surface area contributed by atoms with E-state index in [1.165, 1.54) is 0 Å². The van der Waals surface area contributed by atoms with E-state index in [0.29, 0.717) is 0 Å². The van der Waals surface area contributed by atoms with E-state index >= 15 is 0 Å². The Morgan fingerprint density at radius 2 is 1.80 bits per heavy atom. The molecule has 0 aliphatic rings. The van der Waals surface area contributed by atoms with Gasteiger partial charge in [-0.05, 0) is 6.07 Å². The zero-order chi connectivity index (χ0) is 11.7. The van der Waals surface area contributed by atoms with Crippen LogP contribution < -0.4 is 0 Å². The molecule has 0 spiro atoms. The van der Waals surface area contributed by atoms with Gasteiger partial charge in [-0.25, -0.2) is 9.97 Å². The minimum atomic E-state index is -5.71. The molecule has 0 atom stereocenters. The van der Waals surface area contributed by atoms with Gasteiger partial charge in [0.15, 0.2) is 0 Å². The largest absolute Gasteiger partial charge is 0.461 e. The number of alkyl halides is 6. The van der Waals surface area contributed by atoms with Crippen LogP contribution in [-0.4, -0.2) is 16.1 Å². The monoisotopic (exact) mass is 246 g/mol. The highest BCUT2D eigenvalue weighted by Crippen LogP contribution is 2.42. The first-order valence-corrected chi connectivity index (χ1v) is 4.15. The predicted molar refractivity (Wildman–Crippen MR) is 41.5 cm³/mol. The molecule has 0 saturated carbocycles. The molecule has 0 unspecified atom stereocenters. The van der Waals surface area contributed by atoms with Gasteiger partial charge in [-0.2, -0.15) is 22.0 Å². The van der Waals surface area contributed by atoms with E-state index < -0.39 is 17.9 Å². The first kappa shape index (κ1) is 12.1. The molecule has 0 aromatic carbocycles. The minimum absolute atomic E-state index is 0.0920. The molecule has 1 rings (SSSR count). The summed E-state index contributed by atoms with van der Waals surface area (Å²) in [5, 5.41) is 0. The minimum Gasteiger partial charge on any atom is -0.235 e. The van der Waals surface area contributed by atoms with Crippen LogP contribution in [0.3, 0.4) is 0 Å². The second kappa shape index (κ2) is 3.88. The van der Waals surface area contributed by atoms with Crippen molar-refractivity contribution in [3.63, 3.8) is 0 Å². The molecule has 0 aliphatic heterocycles. The highest BCUT2D eigenvalue weighted by Gasteiger charge is 2.61. The summed E-state index contributed by atoms with van der Waals surface area (Å²) in [7, 11) is 0. The fourth-order valence-electron chi connectivity index (χ4n) is 0.749. The molecule has 0 fully saturated rings. The SMILES string of the molecule is FC(F)(F)C(F)(F)c1nccc(CCl)n1. The third-order valence-electron chi connectivity index (χ3n) is 1.49. The zero-order valence-electron chi connectivity index (χ0n) is 7.02. The fourth-order valence-corrected chi connectivity index (χ4v) is 0.897. The predicted octanol–water partition coefficient (Wildman–Crippen LogP) is 2.87. The van der Waals surface area contributed by atoms with Crippen LogP contribution in [0.15, 0.2) is 12.3 Å². The molecule has 1 aromatic rings. The van der Waals surface area contributed by atoms with Gasteiger partial charge in [0.1, 0.15) is 0 Å². The third-order valence-corrected chi connectivity index (χ3v) is 1.76. The molecular formula is C7H4ClF5N2. The third kappa shape index (κ3) is 2.34. The molecule has 0 bridgehead atoms. The van der Waals surface area contributed by atoms with Gasteiger partial charge in [0.05, 0.1) is 11.6 Å². The zero-order valence-corrected chi connectivity index (χ0v) is 7.78. The summed E-state index contributed by atoms with van der Waals surface area (Å²) in [6.45, 7) is 0. The molecule has 84 valence electrons. The maximum Gasteiger partial charge on any atom is 0.461 e. The van der Waals surface area contributed by atoms with Crippen molar-refractivity contribution in [1.29, 1.82) is 0 Å². The van der Waals surface area contributed by atoms with Crippen LogP contribution in [0.25, 0.3) is 0 Å². The van der Waals surface area contributed by atoms with E-state index in [0.717, 1.165) is 12.3 Å². The van der Waals surface area contributed by atoms with Gasteiger partial charge in [0.2, 0.25) is 5.82 Å². The number of hydrogen-bond donors (Lipinski definition) is 0. The second-order valence-corrected chi connectivity index (χ2v) is 2.84. The van der Waals surface area contributed by atoms with Crippen molar-refractivity contribution in [2.24, 2.45) is 0 Å². The van der Waals surface area contributed by atoms with E-state index in [-0.39, 0.29) is 11.6 Å². The van der Waals surface area contributed by atoms with Crippen molar-refractivity contribution >= 4 is 11.6 Å². The van der Waals surface area contributed by atoms with Crippen LogP contribution in [0.2, 0.25) is 0 Å². The summed E-state index contributed by atoms with van der Waals surface area (Å²) in [5.74, 6) is -6.91. The Bertz CT molecular complexity index is 351. The van der Waals surface area contributed by atoms with E-state index in [1.807, 2.05) is 0 Å². The highest BCUT2D eigenvalue weighted by molar-refractivity contribution is 6.16. The van der Waals surface area contributed by atoms with Crippen LogP contribution in [0.1, 0.15) is 11.5 Å². The second-order valence-electron chi connectivity index (χ2n) is 2.58. The maximum absolute atomic E-state index is 12.7. The summed E-state index contributed by atoms with van der Waals surface area (Å²) < 4.78 is 61.0. The lowest BCUT2D eigenvalue weighted by molar-refractivity contribution is -0.292. The van der Waals surface area contributed by atoms with Gasteiger partial charge < -0.3 is 0 Å². The molecule has 0 amide bonds. The smallest absolute Gasteiger partial charge is 0.235 e. The number of aromatic nitrogens is 2. The van der Waals surface area contributed by atoms with Gasteiger partial charge in [0.25, 0.3) is 0 Å². The van der Waals surface area contributed by atoms with Crippen LogP contribution in [0.5, 0.6) is 0 Å². The van der Waals surface area contributed by atoms with Crippen LogP contribution in [-0.2, 0) is 11.8 Å². The molecule has 2 nitrogen and oxygen atoms in total. The van der Waals surface area contributed by atoms with Gasteiger partial charge in [-0.15, -0.1) is 11.6 Å². The van der Waals surface area contributed by atoms with Crippen LogP contribution >= 0.6 is 11.6 Å². The fraction of sp³-hybridized carbons (Fsp3) is 0.429. The number of rotatable bonds is 2. The Labute approximate surface area is 86.1 Å². The topological polar surface area (TPSA) is 25.8 Å². The molecular weight excluding hydrogens is 243 g/mol. The van der Waals surface area contributed by atoms with Crippen molar-refractivity contribution < 1.29 is 22.0 Å². The Morgan fingerprint density at radius 1 is 1.20 bits per heavy atom. The van der Waals surface area contributed by atoms with Gasteiger partial charge in [-0.3, -0.25) is 0 Å². The average molecular weight is 247 g/mol. The molecule has 0 saturated heterocycles. The lowest BCUT2D eigenvalue weighted by Gasteiger charge is -2.17. The Hall–Kier alpha value is -0.980. The van der Waals surface area contributed by atoms with E-state index in [9.17, 15) is 22.0 Å². The molecule has 0 aliphatic carbocycles. The van der Waals surface area contributed by atoms with Crippen LogP contribution in [0.4, 0.5) is 22.0 Å². The molecule has 0 radical (unpaired) electrons. The summed E-state index contributed by atoms with van der Waals surface area (Å²) in [5.41, 5.74) is -0.0920. The van der Waals surface area contributed by atoms with Crippen molar-refractivity contribution in [1.82, 2.24) is 9.97 Å². The highest BCUT2D eigenvalue weighted by atomic mass is 35.5. The number of nitrogens with zero attached hydrogens (tertiary/aromatic N) is 2. The van der Waals surface area contributed by atoms with Crippen LogP contribution in [0, 0.1) is 0 Å². The summed E-state index contributed by atoms with van der Waals surface area (Å²) in [6, 6.07) is 1.16. The van der Waals surface area contributed by atoms with E-state index in [1.54, 1.807) is 0 Å². The van der Waals surface area contributed by atoms with Crippen molar-refractivity contribution in [3.05, 3.63) is 23.8 Å². The Morgan fingerprint density at radius 3 is 2.27 bits per heavy atom. The molecule has 1 heterocycles. The molecule has 0 N–H and O–H groups in total. The summed E-state index contributed by atoms with van der Waals surface area (Å²) in [6.07, 6.45) is -4.91. The van der Waals surface area contributed by atoms with E-state index in [4.69, 9.17) is 11.6 Å². The Balaban J connectivity index is 3.15. The van der Waals surface area contributed by atoms with Crippen molar-refractivity contribution in [3.8, 4) is 0 Å². The summed E-state index contributed by atoms with van der Waals surface area (Å²) in [4.78, 5) is 5.90. The first-order valence-electron chi connectivity index (χ1n) is 3.62. The standard InChI is InChI=1S/C7H4ClF5N2/c8-3-4-1-2-14-5(15-4)6(9,10)7(11,12)13/h1-2H,3H2. The van der Waals surface area contributed by atoms with Gasteiger partial charge in [-0.1, -0.05) is 0 Å². The van der Waals surface area contributed by atoms with E-state index in [2.05, 4.69) is 9.97 Å². The number of halogens is 6. The average Bonchev–Trinajstić information content (AvgIpc) is 2.16. The molecule has 8 heteroatoms. The molecule has 1 aromatic heterocycles. The lowest BCUT2D eigenvalue weighted by Crippen LogP contribution is -2.35. The van der Waals surface area contributed by atoms with Gasteiger partial charge in [0, 0.05) is 6.20 Å². The first-order chi connectivity index (χ1) is 6.79. The quantitative estimate of drug-likeness (QED) is 0.592. The lowest BCUT2D eigenvalue weighted by atomic mass is 10.3. The number of hydrogen-bond acceptors (Lipinski definition) is 2. The molecule has 15 heavy (non-hydrogen) atoms. The van der Waals surface area contributed by atoms with Gasteiger partial charge >= 0.3 is 12.1 Å². The Kier molecular flexibility index (Phi) is 3.13. The maximum atomic E-state index is 12.7.